The van der Waals surface area contributed by atoms with Crippen molar-refractivity contribution in [3.8, 4) is 5.75 Å². The van der Waals surface area contributed by atoms with E-state index in [1.54, 1.807) is 7.11 Å². The number of halogens is 1. The zero-order chi connectivity index (χ0) is 15.6. The Morgan fingerprint density at radius 1 is 1.10 bits per heavy atom. The summed E-state index contributed by atoms with van der Waals surface area (Å²) in [5.41, 5.74) is 4.50. The van der Waals surface area contributed by atoms with E-state index in [1.807, 2.05) is 51.1 Å². The van der Waals surface area contributed by atoms with Crippen LogP contribution in [0, 0.1) is 20.8 Å². The van der Waals surface area contributed by atoms with Gasteiger partial charge in [-0.15, -0.1) is 0 Å². The Balaban J connectivity index is 2.32. The lowest BCUT2D eigenvalue weighted by Gasteiger charge is -2.12. The lowest BCUT2D eigenvalue weighted by Crippen LogP contribution is -2.13. The number of anilines is 1. The summed E-state index contributed by atoms with van der Waals surface area (Å²) in [5, 5.41) is 2.93. The van der Waals surface area contributed by atoms with Gasteiger partial charge in [0.15, 0.2) is 0 Å². The molecule has 2 rings (SSSR count). The van der Waals surface area contributed by atoms with Gasteiger partial charge in [-0.3, -0.25) is 4.79 Å². The molecular weight excluding hydrogens is 330 g/mol. The van der Waals surface area contributed by atoms with Gasteiger partial charge < -0.3 is 10.1 Å². The van der Waals surface area contributed by atoms with Crippen LogP contribution in [-0.4, -0.2) is 13.0 Å². The van der Waals surface area contributed by atoms with Gasteiger partial charge in [0.25, 0.3) is 5.91 Å². The van der Waals surface area contributed by atoms with Gasteiger partial charge >= 0.3 is 0 Å². The summed E-state index contributed by atoms with van der Waals surface area (Å²) in [6, 6.07) is 9.44. The Morgan fingerprint density at radius 3 is 2.29 bits per heavy atom. The molecule has 0 aliphatic rings. The summed E-state index contributed by atoms with van der Waals surface area (Å²) in [7, 11) is 1.56. The van der Waals surface area contributed by atoms with Crippen LogP contribution in [0.4, 0.5) is 5.69 Å². The first kappa shape index (κ1) is 15.6. The fourth-order valence-corrected chi connectivity index (χ4v) is 2.44. The number of benzene rings is 2. The minimum Gasteiger partial charge on any atom is -0.496 e. The van der Waals surface area contributed by atoms with Gasteiger partial charge in [-0.05, 0) is 56.2 Å². The number of hydrogen-bond donors (Lipinski definition) is 1. The molecule has 0 bridgehead atoms. The minimum absolute atomic E-state index is 0.170. The molecule has 2 aromatic rings. The maximum atomic E-state index is 12.5. The third-order valence-electron chi connectivity index (χ3n) is 3.29. The molecule has 1 amide bonds. The number of nitrogens with one attached hydrogen (secondary N) is 1. The molecule has 0 atom stereocenters. The van der Waals surface area contributed by atoms with Crippen LogP contribution < -0.4 is 10.1 Å². The molecule has 0 aliphatic carbocycles. The molecule has 0 aliphatic heterocycles. The highest BCUT2D eigenvalue weighted by Crippen LogP contribution is 2.26. The van der Waals surface area contributed by atoms with Crippen LogP contribution >= 0.6 is 15.9 Å². The first-order valence-electron chi connectivity index (χ1n) is 6.65. The van der Waals surface area contributed by atoms with Gasteiger partial charge in [-0.25, -0.2) is 0 Å². The summed E-state index contributed by atoms with van der Waals surface area (Å²) in [6.45, 7) is 5.95. The van der Waals surface area contributed by atoms with Crippen molar-refractivity contribution >= 4 is 27.5 Å². The largest absolute Gasteiger partial charge is 0.496 e. The first-order valence-corrected chi connectivity index (χ1v) is 7.44. The van der Waals surface area contributed by atoms with Crippen molar-refractivity contribution in [2.75, 3.05) is 12.4 Å². The molecule has 0 unspecified atom stereocenters. The quantitative estimate of drug-likeness (QED) is 0.878. The number of rotatable bonds is 3. The molecule has 0 heterocycles. The average Bonchev–Trinajstić information content (AvgIpc) is 2.44. The lowest BCUT2D eigenvalue weighted by molar-refractivity contribution is 0.102. The summed E-state index contributed by atoms with van der Waals surface area (Å²) < 4.78 is 6.32. The number of carbonyl (C=O) groups is 1. The highest BCUT2D eigenvalue weighted by Gasteiger charge is 2.13. The van der Waals surface area contributed by atoms with Crippen molar-refractivity contribution in [3.05, 3.63) is 57.1 Å². The maximum Gasteiger partial charge on any atom is 0.259 e. The molecule has 0 saturated heterocycles. The summed E-state index contributed by atoms with van der Waals surface area (Å²) in [6.07, 6.45) is 0. The van der Waals surface area contributed by atoms with Crippen LogP contribution in [0.15, 0.2) is 34.8 Å². The molecule has 21 heavy (non-hydrogen) atoms. The average molecular weight is 348 g/mol. The second kappa shape index (κ2) is 6.31. The fraction of sp³-hybridized carbons (Fsp3) is 0.235. The summed E-state index contributed by atoms with van der Waals surface area (Å²) >= 11 is 3.52. The molecule has 110 valence electrons. The SMILES string of the molecule is COc1ccc(C)cc1C(=O)Nc1cc(C)c(Br)c(C)c1. The van der Waals surface area contributed by atoms with E-state index in [4.69, 9.17) is 4.74 Å². The van der Waals surface area contributed by atoms with E-state index in [2.05, 4.69) is 21.2 Å². The fourth-order valence-electron chi connectivity index (χ4n) is 2.22. The second-order valence-corrected chi connectivity index (χ2v) is 5.87. The van der Waals surface area contributed by atoms with Gasteiger partial charge in [-0.2, -0.15) is 0 Å². The standard InChI is InChI=1S/C17H18BrNO2/c1-10-5-6-15(21-4)14(7-10)17(20)19-13-8-11(2)16(18)12(3)9-13/h5-9H,1-4H3,(H,19,20). The Hall–Kier alpha value is -1.81. The Labute approximate surface area is 133 Å². The van der Waals surface area contributed by atoms with E-state index in [0.29, 0.717) is 11.3 Å². The normalized spacial score (nSPS) is 10.3. The maximum absolute atomic E-state index is 12.5. The van der Waals surface area contributed by atoms with Gasteiger partial charge in [0.1, 0.15) is 5.75 Å². The van der Waals surface area contributed by atoms with Crippen LogP contribution in [0.2, 0.25) is 0 Å². The van der Waals surface area contributed by atoms with E-state index in [9.17, 15) is 4.79 Å². The topological polar surface area (TPSA) is 38.3 Å². The number of hydrogen-bond acceptors (Lipinski definition) is 2. The van der Waals surface area contributed by atoms with E-state index in [0.717, 1.165) is 26.9 Å². The highest BCUT2D eigenvalue weighted by molar-refractivity contribution is 9.10. The van der Waals surface area contributed by atoms with Crippen LogP contribution in [0.3, 0.4) is 0 Å². The van der Waals surface area contributed by atoms with Gasteiger partial charge in [0.05, 0.1) is 12.7 Å². The monoisotopic (exact) mass is 347 g/mol. The number of aryl methyl sites for hydroxylation is 3. The third kappa shape index (κ3) is 3.45. The zero-order valence-electron chi connectivity index (χ0n) is 12.6. The predicted octanol–water partition coefficient (Wildman–Crippen LogP) is 4.64. The molecule has 2 aromatic carbocycles. The van der Waals surface area contributed by atoms with Crippen molar-refractivity contribution in [1.29, 1.82) is 0 Å². The Morgan fingerprint density at radius 2 is 1.71 bits per heavy atom. The van der Waals surface area contributed by atoms with E-state index in [1.165, 1.54) is 0 Å². The van der Waals surface area contributed by atoms with Crippen LogP contribution in [0.5, 0.6) is 5.75 Å². The molecule has 3 nitrogen and oxygen atoms in total. The van der Waals surface area contributed by atoms with E-state index >= 15 is 0 Å². The van der Waals surface area contributed by atoms with Crippen molar-refractivity contribution in [2.45, 2.75) is 20.8 Å². The molecule has 4 heteroatoms. The number of carbonyl (C=O) groups excluding carboxylic acids is 1. The molecule has 0 aromatic heterocycles. The third-order valence-corrected chi connectivity index (χ3v) is 4.54. The lowest BCUT2D eigenvalue weighted by atomic mass is 10.1. The van der Waals surface area contributed by atoms with Gasteiger partial charge in [0.2, 0.25) is 0 Å². The molecular formula is C17H18BrNO2. The number of methoxy groups -OCH3 is 1. The van der Waals surface area contributed by atoms with E-state index < -0.39 is 0 Å². The van der Waals surface area contributed by atoms with Crippen LogP contribution in [0.25, 0.3) is 0 Å². The van der Waals surface area contributed by atoms with Gasteiger partial charge in [-0.1, -0.05) is 27.6 Å². The Bertz CT molecular complexity index is 672. The summed E-state index contributed by atoms with van der Waals surface area (Å²) in [5.74, 6) is 0.403. The van der Waals surface area contributed by atoms with Crippen molar-refractivity contribution in [2.24, 2.45) is 0 Å². The minimum atomic E-state index is -0.170. The number of ether oxygens (including phenoxy) is 1. The second-order valence-electron chi connectivity index (χ2n) is 5.08. The Kier molecular flexibility index (Phi) is 4.68. The highest BCUT2D eigenvalue weighted by atomic mass is 79.9. The molecule has 0 spiro atoms. The smallest absolute Gasteiger partial charge is 0.259 e. The first-order chi connectivity index (χ1) is 9.92. The van der Waals surface area contributed by atoms with Gasteiger partial charge in [0, 0.05) is 10.2 Å². The molecule has 1 N–H and O–H groups in total. The van der Waals surface area contributed by atoms with Crippen LogP contribution in [-0.2, 0) is 0 Å². The van der Waals surface area contributed by atoms with E-state index in [-0.39, 0.29) is 5.91 Å². The molecule has 0 fully saturated rings. The van der Waals surface area contributed by atoms with Crippen molar-refractivity contribution < 1.29 is 9.53 Å². The predicted molar refractivity (Wildman–Crippen MR) is 89.3 cm³/mol. The summed E-state index contributed by atoms with van der Waals surface area (Å²) in [4.78, 5) is 12.5. The van der Waals surface area contributed by atoms with Crippen molar-refractivity contribution in [1.82, 2.24) is 0 Å². The zero-order valence-corrected chi connectivity index (χ0v) is 14.2. The van der Waals surface area contributed by atoms with Crippen LogP contribution in [0.1, 0.15) is 27.0 Å². The number of amides is 1. The molecule has 0 radical (unpaired) electrons. The van der Waals surface area contributed by atoms with Crippen molar-refractivity contribution in [3.63, 3.8) is 0 Å². The molecule has 0 saturated carbocycles.